The summed E-state index contributed by atoms with van der Waals surface area (Å²) in [5.41, 5.74) is -0.177. The molecular weight excluding hydrogens is 270 g/mol. The van der Waals surface area contributed by atoms with Gasteiger partial charge in [-0.05, 0) is 17.7 Å². The van der Waals surface area contributed by atoms with Crippen LogP contribution in [-0.4, -0.2) is 17.8 Å². The first-order valence-corrected chi connectivity index (χ1v) is 4.24. The predicted octanol–water partition coefficient (Wildman–Crippen LogP) is 3.37. The number of aliphatic hydroxyl groups excluding tert-OH is 1. The van der Waals surface area contributed by atoms with Crippen molar-refractivity contribution in [3.05, 3.63) is 30.4 Å². The van der Waals surface area contributed by atoms with E-state index in [-0.39, 0.29) is 5.56 Å². The van der Waals surface area contributed by atoms with Crippen molar-refractivity contribution < 1.29 is 40.9 Å². The summed E-state index contributed by atoms with van der Waals surface area (Å²) in [6.45, 7) is 0.403. The largest absolute Gasteiger partial charge is 0.573 e. The van der Waals surface area contributed by atoms with Crippen LogP contribution in [0.25, 0.3) is 0 Å². The smallest absolute Gasteiger partial charge is 0.402 e. The molecule has 0 spiro atoms. The zero-order chi connectivity index (χ0) is 14.0. The van der Waals surface area contributed by atoms with Crippen molar-refractivity contribution in [3.63, 3.8) is 0 Å². The zero-order valence-electron chi connectivity index (χ0n) is 8.34. The van der Waals surface area contributed by atoms with Crippen LogP contribution in [0, 0.1) is 6.61 Å². The molecule has 0 amide bonds. The molecule has 0 atom stereocenters. The minimum atomic E-state index is -5.18. The highest BCUT2D eigenvalue weighted by Gasteiger charge is 2.36. The highest BCUT2D eigenvalue weighted by molar-refractivity contribution is 5.44. The van der Waals surface area contributed by atoms with E-state index in [1.54, 1.807) is 0 Å². The van der Waals surface area contributed by atoms with E-state index in [0.29, 0.717) is 18.7 Å². The first kappa shape index (κ1) is 14.4. The van der Waals surface area contributed by atoms with Gasteiger partial charge in [-0.3, -0.25) is 0 Å². The van der Waals surface area contributed by atoms with Crippen LogP contribution < -0.4 is 9.47 Å². The van der Waals surface area contributed by atoms with Gasteiger partial charge in [-0.1, -0.05) is 6.07 Å². The normalized spacial score (nSPS) is 12.4. The summed E-state index contributed by atoms with van der Waals surface area (Å²) in [7, 11) is 0. The van der Waals surface area contributed by atoms with Crippen molar-refractivity contribution in [1.82, 2.24) is 0 Å². The quantitative estimate of drug-likeness (QED) is 0.859. The van der Waals surface area contributed by atoms with Crippen molar-refractivity contribution in [1.29, 1.82) is 0 Å². The number of hydrogen-bond donors (Lipinski definition) is 1. The van der Waals surface area contributed by atoms with E-state index in [0.717, 1.165) is 6.07 Å². The van der Waals surface area contributed by atoms with Crippen LogP contribution >= 0.6 is 0 Å². The molecular formula is C9H5F6O3. The molecule has 0 unspecified atom stereocenters. The van der Waals surface area contributed by atoms with Gasteiger partial charge >= 0.3 is 12.7 Å². The summed E-state index contributed by atoms with van der Waals surface area (Å²) in [6.07, 6.45) is -10.3. The van der Waals surface area contributed by atoms with Gasteiger partial charge in [-0.2, -0.15) is 0 Å². The molecule has 0 heterocycles. The molecule has 0 aliphatic rings. The van der Waals surface area contributed by atoms with Crippen LogP contribution in [0.1, 0.15) is 5.56 Å². The fourth-order valence-electron chi connectivity index (χ4n) is 1.02. The standard InChI is InChI=1S/C9H5F6O3/c10-8(11,12)17-6-2-1-5(4-16)3-7(6)18-9(13,14)15/h1-4,16H. The van der Waals surface area contributed by atoms with Gasteiger partial charge in [0.15, 0.2) is 11.5 Å². The van der Waals surface area contributed by atoms with Gasteiger partial charge in [0, 0.05) is 0 Å². The molecule has 0 aliphatic heterocycles. The molecule has 1 rings (SSSR count). The minimum absolute atomic E-state index is 0.177. The lowest BCUT2D eigenvalue weighted by Gasteiger charge is -2.15. The Kier molecular flexibility index (Phi) is 3.95. The van der Waals surface area contributed by atoms with Gasteiger partial charge < -0.3 is 14.6 Å². The second kappa shape index (κ2) is 4.92. The molecule has 9 heteroatoms. The van der Waals surface area contributed by atoms with E-state index in [9.17, 15) is 26.3 Å². The maximum absolute atomic E-state index is 12.0. The van der Waals surface area contributed by atoms with Gasteiger partial charge in [-0.15, -0.1) is 26.3 Å². The highest BCUT2D eigenvalue weighted by Crippen LogP contribution is 2.36. The lowest BCUT2D eigenvalue weighted by atomic mass is 10.2. The van der Waals surface area contributed by atoms with Gasteiger partial charge in [0.1, 0.15) is 6.61 Å². The molecule has 101 valence electrons. The topological polar surface area (TPSA) is 38.7 Å². The van der Waals surface area contributed by atoms with Gasteiger partial charge in [0.2, 0.25) is 0 Å². The second-order valence-electron chi connectivity index (χ2n) is 2.93. The maximum Gasteiger partial charge on any atom is 0.573 e. The number of halogens is 6. The van der Waals surface area contributed by atoms with E-state index in [1.165, 1.54) is 0 Å². The van der Waals surface area contributed by atoms with Crippen LogP contribution in [0.4, 0.5) is 26.3 Å². The molecule has 0 saturated carbocycles. The molecule has 18 heavy (non-hydrogen) atoms. The Morgan fingerprint density at radius 3 is 1.83 bits per heavy atom. The number of rotatable bonds is 3. The van der Waals surface area contributed by atoms with Gasteiger partial charge in [0.05, 0.1) is 0 Å². The Labute approximate surface area is 96.5 Å². The van der Waals surface area contributed by atoms with Crippen LogP contribution in [0.5, 0.6) is 11.5 Å². The lowest BCUT2D eigenvalue weighted by Crippen LogP contribution is -2.21. The lowest BCUT2D eigenvalue weighted by molar-refractivity contribution is -0.287. The van der Waals surface area contributed by atoms with Crippen LogP contribution in [0.3, 0.4) is 0 Å². The molecule has 0 bridgehead atoms. The van der Waals surface area contributed by atoms with Crippen LogP contribution in [0.15, 0.2) is 18.2 Å². The Morgan fingerprint density at radius 2 is 1.39 bits per heavy atom. The first-order chi connectivity index (χ1) is 8.11. The van der Waals surface area contributed by atoms with E-state index in [1.807, 2.05) is 0 Å². The molecule has 1 N–H and O–H groups in total. The molecule has 1 aromatic carbocycles. The van der Waals surface area contributed by atoms with E-state index in [2.05, 4.69) is 9.47 Å². The Bertz CT molecular complexity index is 412. The van der Waals surface area contributed by atoms with E-state index < -0.39 is 24.2 Å². The summed E-state index contributed by atoms with van der Waals surface area (Å²) in [6, 6.07) is 2.06. The fourth-order valence-corrected chi connectivity index (χ4v) is 1.02. The van der Waals surface area contributed by atoms with Gasteiger partial charge in [-0.25, -0.2) is 0 Å². The number of aliphatic hydroxyl groups is 1. The summed E-state index contributed by atoms with van der Waals surface area (Å²) >= 11 is 0. The van der Waals surface area contributed by atoms with Crippen molar-refractivity contribution in [2.24, 2.45) is 0 Å². The molecule has 0 saturated heterocycles. The van der Waals surface area contributed by atoms with Crippen LogP contribution in [-0.2, 0) is 0 Å². The molecule has 3 nitrogen and oxygen atoms in total. The Balaban J connectivity index is 3.08. The Hall–Kier alpha value is -1.64. The Morgan fingerprint density at radius 1 is 0.889 bits per heavy atom. The number of benzene rings is 1. The van der Waals surface area contributed by atoms with Crippen molar-refractivity contribution in [2.45, 2.75) is 12.7 Å². The highest BCUT2D eigenvalue weighted by atomic mass is 19.4. The molecule has 1 aromatic rings. The molecule has 0 aliphatic carbocycles. The predicted molar refractivity (Wildman–Crippen MR) is 45.1 cm³/mol. The second-order valence-corrected chi connectivity index (χ2v) is 2.93. The van der Waals surface area contributed by atoms with E-state index in [4.69, 9.17) is 5.11 Å². The summed E-state index contributed by atoms with van der Waals surface area (Å²) in [4.78, 5) is 0. The molecule has 0 fully saturated rings. The summed E-state index contributed by atoms with van der Waals surface area (Å²) < 4.78 is 78.4. The van der Waals surface area contributed by atoms with Gasteiger partial charge in [0.25, 0.3) is 0 Å². The van der Waals surface area contributed by atoms with Crippen LogP contribution in [0.2, 0.25) is 0 Å². The third-order valence-corrected chi connectivity index (χ3v) is 1.57. The monoisotopic (exact) mass is 275 g/mol. The van der Waals surface area contributed by atoms with Crippen molar-refractivity contribution in [3.8, 4) is 11.5 Å². The average molecular weight is 275 g/mol. The van der Waals surface area contributed by atoms with E-state index >= 15 is 0 Å². The minimum Gasteiger partial charge on any atom is -0.402 e. The molecule has 0 aromatic heterocycles. The number of hydrogen-bond acceptors (Lipinski definition) is 3. The van der Waals surface area contributed by atoms with Crippen molar-refractivity contribution >= 4 is 0 Å². The SMILES string of the molecule is O[CH]c1ccc(OC(F)(F)F)c(OC(F)(F)F)c1. The summed E-state index contributed by atoms with van der Waals surface area (Å²) in [5.74, 6) is -2.37. The number of ether oxygens (including phenoxy) is 2. The third kappa shape index (κ3) is 4.70. The van der Waals surface area contributed by atoms with Crippen molar-refractivity contribution in [2.75, 3.05) is 0 Å². The molecule has 1 radical (unpaired) electrons. The maximum atomic E-state index is 12.0. The average Bonchev–Trinajstić information content (AvgIpc) is 2.16. The fraction of sp³-hybridized carbons (Fsp3) is 0.222. The zero-order valence-corrected chi connectivity index (χ0v) is 8.34. The number of alkyl halides is 6. The summed E-state index contributed by atoms with van der Waals surface area (Å²) in [5, 5.41) is 8.56. The first-order valence-electron chi connectivity index (χ1n) is 4.24. The third-order valence-electron chi connectivity index (χ3n) is 1.57.